The number of aliphatic carboxylic acids is 1. The lowest BCUT2D eigenvalue weighted by Gasteiger charge is -2.20. The molecule has 1 unspecified atom stereocenters. The van der Waals surface area contributed by atoms with Crippen LogP contribution in [0.3, 0.4) is 0 Å². The monoisotopic (exact) mass is 286 g/mol. The molecule has 2 amide bonds. The molecule has 0 aliphatic carbocycles. The highest BCUT2D eigenvalue weighted by Gasteiger charge is 2.21. The third kappa shape index (κ3) is 5.21. The molecule has 19 heavy (non-hydrogen) atoms. The van der Waals surface area contributed by atoms with Crippen LogP contribution in [0.2, 0.25) is 0 Å². The predicted molar refractivity (Wildman–Crippen MR) is 73.0 cm³/mol. The van der Waals surface area contributed by atoms with Gasteiger partial charge in [0.05, 0.1) is 6.54 Å². The van der Waals surface area contributed by atoms with Crippen molar-refractivity contribution in [1.29, 1.82) is 0 Å². The molecular weight excluding hydrogens is 268 g/mol. The lowest BCUT2D eigenvalue weighted by atomic mass is 10.2. The molecule has 0 saturated heterocycles. The summed E-state index contributed by atoms with van der Waals surface area (Å²) in [5.41, 5.74) is 0. The molecule has 0 aromatic carbocycles. The van der Waals surface area contributed by atoms with E-state index >= 15 is 0 Å². The van der Waals surface area contributed by atoms with Crippen LogP contribution < -0.4 is 5.32 Å². The average molecular weight is 286 g/mol. The van der Waals surface area contributed by atoms with Crippen molar-refractivity contribution in [3.8, 4) is 0 Å². The molecular formula is C11H18N4O3S. The van der Waals surface area contributed by atoms with Gasteiger partial charge in [-0.3, -0.25) is 0 Å². The van der Waals surface area contributed by atoms with Crippen molar-refractivity contribution in [3.05, 3.63) is 18.2 Å². The number of rotatable bonds is 7. The Hall–Kier alpha value is -1.70. The molecule has 0 aliphatic rings. The van der Waals surface area contributed by atoms with Gasteiger partial charge in [-0.15, -0.1) is 0 Å². The van der Waals surface area contributed by atoms with Gasteiger partial charge in [-0.05, 0) is 18.4 Å². The van der Waals surface area contributed by atoms with Gasteiger partial charge >= 0.3 is 12.0 Å². The number of nitrogens with one attached hydrogen (secondary N) is 2. The van der Waals surface area contributed by atoms with Crippen LogP contribution in [0.25, 0.3) is 0 Å². The highest BCUT2D eigenvalue weighted by molar-refractivity contribution is 7.98. The van der Waals surface area contributed by atoms with Crippen LogP contribution in [0, 0.1) is 0 Å². The summed E-state index contributed by atoms with van der Waals surface area (Å²) in [6.07, 6.45) is 5.56. The topological polar surface area (TPSA) is 98.3 Å². The second kappa shape index (κ2) is 7.67. The number of carboxylic acids is 1. The number of thioether (sulfide) groups is 1. The molecule has 0 aliphatic heterocycles. The molecule has 0 radical (unpaired) electrons. The summed E-state index contributed by atoms with van der Waals surface area (Å²) < 4.78 is 0. The standard InChI is InChI=1S/C11H18N4O3S/c1-15(7-9-12-4-5-13-9)11(18)14-8(10(16)17)3-6-19-2/h4-5,8H,3,6-7H2,1-2H3,(H,12,13)(H,14,18)(H,16,17). The fourth-order valence-electron chi connectivity index (χ4n) is 1.43. The van der Waals surface area contributed by atoms with Gasteiger partial charge in [0.2, 0.25) is 0 Å². The third-order valence-corrected chi connectivity index (χ3v) is 3.14. The van der Waals surface area contributed by atoms with Gasteiger partial charge in [0.15, 0.2) is 0 Å². The van der Waals surface area contributed by atoms with E-state index in [0.717, 1.165) is 0 Å². The number of imidazole rings is 1. The van der Waals surface area contributed by atoms with E-state index < -0.39 is 18.0 Å². The van der Waals surface area contributed by atoms with Crippen LogP contribution in [-0.2, 0) is 11.3 Å². The number of H-pyrrole nitrogens is 1. The zero-order valence-electron chi connectivity index (χ0n) is 10.9. The summed E-state index contributed by atoms with van der Waals surface area (Å²) in [6.45, 7) is 0.299. The molecule has 0 bridgehead atoms. The van der Waals surface area contributed by atoms with E-state index in [9.17, 15) is 9.59 Å². The molecule has 1 rings (SSSR count). The molecule has 3 N–H and O–H groups in total. The summed E-state index contributed by atoms with van der Waals surface area (Å²) in [5.74, 6) is 0.307. The number of aromatic amines is 1. The first-order valence-corrected chi connectivity index (χ1v) is 7.15. The summed E-state index contributed by atoms with van der Waals surface area (Å²) in [5, 5.41) is 11.5. The minimum Gasteiger partial charge on any atom is -0.480 e. The van der Waals surface area contributed by atoms with E-state index in [0.29, 0.717) is 24.5 Å². The predicted octanol–water partition coefficient (Wildman–Crippen LogP) is 0.757. The molecule has 1 atom stereocenters. The Morgan fingerprint density at radius 3 is 2.89 bits per heavy atom. The van der Waals surface area contributed by atoms with Crippen LogP contribution in [-0.4, -0.2) is 57.1 Å². The highest BCUT2D eigenvalue weighted by atomic mass is 32.2. The number of amides is 2. The summed E-state index contributed by atoms with van der Waals surface area (Å²) >= 11 is 1.54. The van der Waals surface area contributed by atoms with Crippen molar-refractivity contribution in [3.63, 3.8) is 0 Å². The SMILES string of the molecule is CSCCC(NC(=O)N(C)Cc1ncc[nH]1)C(=O)O. The molecule has 1 heterocycles. The highest BCUT2D eigenvalue weighted by Crippen LogP contribution is 2.03. The van der Waals surface area contributed by atoms with Gasteiger partial charge in [-0.2, -0.15) is 11.8 Å². The Morgan fingerprint density at radius 2 is 2.37 bits per heavy atom. The van der Waals surface area contributed by atoms with E-state index in [4.69, 9.17) is 5.11 Å². The summed E-state index contributed by atoms with van der Waals surface area (Å²) in [7, 11) is 1.59. The van der Waals surface area contributed by atoms with Gasteiger partial charge < -0.3 is 20.3 Å². The molecule has 106 valence electrons. The zero-order chi connectivity index (χ0) is 14.3. The normalized spacial score (nSPS) is 11.9. The van der Waals surface area contributed by atoms with E-state index in [1.807, 2.05) is 6.26 Å². The van der Waals surface area contributed by atoms with Gasteiger partial charge in [0, 0.05) is 19.4 Å². The number of carbonyl (C=O) groups is 2. The lowest BCUT2D eigenvalue weighted by molar-refractivity contribution is -0.139. The number of urea groups is 1. The quantitative estimate of drug-likeness (QED) is 0.687. The maximum absolute atomic E-state index is 11.9. The molecule has 0 spiro atoms. The second-order valence-corrected chi connectivity index (χ2v) is 5.00. The Morgan fingerprint density at radius 1 is 1.63 bits per heavy atom. The Labute approximate surface area is 115 Å². The van der Waals surface area contributed by atoms with Crippen LogP contribution in [0.15, 0.2) is 12.4 Å². The maximum atomic E-state index is 11.9. The Balaban J connectivity index is 2.48. The molecule has 0 fully saturated rings. The van der Waals surface area contributed by atoms with Crippen molar-refractivity contribution in [2.45, 2.75) is 19.0 Å². The largest absolute Gasteiger partial charge is 0.480 e. The van der Waals surface area contributed by atoms with Crippen LogP contribution in [0.1, 0.15) is 12.2 Å². The Kier molecular flexibility index (Phi) is 6.20. The lowest BCUT2D eigenvalue weighted by Crippen LogP contribution is -2.46. The van der Waals surface area contributed by atoms with Gasteiger partial charge in [-0.25, -0.2) is 14.6 Å². The molecule has 1 aromatic heterocycles. The van der Waals surface area contributed by atoms with Crippen LogP contribution in [0.4, 0.5) is 4.79 Å². The molecule has 8 heteroatoms. The molecule has 7 nitrogen and oxygen atoms in total. The van der Waals surface area contributed by atoms with Gasteiger partial charge in [0.25, 0.3) is 0 Å². The van der Waals surface area contributed by atoms with Crippen molar-refractivity contribution in [2.75, 3.05) is 19.1 Å². The third-order valence-electron chi connectivity index (χ3n) is 2.49. The first kappa shape index (κ1) is 15.4. The molecule has 1 aromatic rings. The minimum atomic E-state index is -1.02. The van der Waals surface area contributed by atoms with Crippen LogP contribution >= 0.6 is 11.8 Å². The van der Waals surface area contributed by atoms with Crippen LogP contribution in [0.5, 0.6) is 0 Å². The number of hydrogen-bond acceptors (Lipinski definition) is 4. The number of carbonyl (C=O) groups excluding carboxylic acids is 1. The van der Waals surface area contributed by atoms with Gasteiger partial charge in [-0.1, -0.05) is 0 Å². The maximum Gasteiger partial charge on any atom is 0.326 e. The summed E-state index contributed by atoms with van der Waals surface area (Å²) in [4.78, 5) is 31.1. The minimum absolute atomic E-state index is 0.299. The first-order valence-electron chi connectivity index (χ1n) is 5.76. The van der Waals surface area contributed by atoms with Crippen molar-refractivity contribution < 1.29 is 14.7 Å². The first-order chi connectivity index (χ1) is 9.04. The van der Waals surface area contributed by atoms with Gasteiger partial charge in [0.1, 0.15) is 11.9 Å². The fraction of sp³-hybridized carbons (Fsp3) is 0.545. The number of hydrogen-bond donors (Lipinski definition) is 3. The van der Waals surface area contributed by atoms with E-state index in [1.54, 1.807) is 31.2 Å². The van der Waals surface area contributed by atoms with Crippen molar-refractivity contribution in [1.82, 2.24) is 20.2 Å². The number of carboxylic acid groups (broad SMARTS) is 1. The zero-order valence-corrected chi connectivity index (χ0v) is 11.7. The second-order valence-electron chi connectivity index (χ2n) is 4.01. The van der Waals surface area contributed by atoms with Crippen molar-refractivity contribution >= 4 is 23.8 Å². The van der Waals surface area contributed by atoms with E-state index in [2.05, 4.69) is 15.3 Å². The Bertz CT molecular complexity index is 410. The number of aromatic nitrogens is 2. The smallest absolute Gasteiger partial charge is 0.326 e. The summed E-state index contributed by atoms with van der Waals surface area (Å²) in [6, 6.07) is -1.29. The fourth-order valence-corrected chi connectivity index (χ4v) is 1.90. The van der Waals surface area contributed by atoms with E-state index in [1.165, 1.54) is 4.90 Å². The average Bonchev–Trinajstić information content (AvgIpc) is 2.86. The number of nitrogens with zero attached hydrogens (tertiary/aromatic N) is 2. The molecule has 0 saturated carbocycles. The van der Waals surface area contributed by atoms with Crippen molar-refractivity contribution in [2.24, 2.45) is 0 Å². The van der Waals surface area contributed by atoms with E-state index in [-0.39, 0.29) is 0 Å².